The second-order valence-electron chi connectivity index (χ2n) is 10.1. The molecule has 0 aliphatic heterocycles. The number of pyridine rings is 3. The summed E-state index contributed by atoms with van der Waals surface area (Å²) in [4.78, 5) is 19.0. The Balaban J connectivity index is 1.42. The van der Waals surface area contributed by atoms with Gasteiger partial charge in [0.2, 0.25) is 0 Å². The van der Waals surface area contributed by atoms with Crippen molar-refractivity contribution in [1.82, 2.24) is 30.1 Å². The molecule has 1 aromatic carbocycles. The summed E-state index contributed by atoms with van der Waals surface area (Å²) in [7, 11) is 0.751. The van der Waals surface area contributed by atoms with E-state index in [1.165, 1.54) is 18.4 Å². The molecule has 0 amide bonds. The topological polar surface area (TPSA) is 121 Å². The van der Waals surface area contributed by atoms with Gasteiger partial charge in [0.05, 0.1) is 46.3 Å². The van der Waals surface area contributed by atoms with Crippen LogP contribution in [0.5, 0.6) is 0 Å². The highest BCUT2D eigenvalue weighted by Crippen LogP contribution is 2.34. The van der Waals surface area contributed by atoms with Gasteiger partial charge in [-0.1, -0.05) is 6.07 Å². The average Bonchev–Trinajstić information content (AvgIpc) is 3.55. The van der Waals surface area contributed by atoms with Crippen LogP contribution in [0.15, 0.2) is 67.3 Å². The number of hydrogen-bond acceptors (Lipinski definition) is 7. The lowest BCUT2D eigenvalue weighted by Crippen LogP contribution is -2.08. The number of H-pyrrole nitrogens is 2. The van der Waals surface area contributed by atoms with Gasteiger partial charge in [-0.15, -0.1) is 0 Å². The molecular weight excluding hydrogens is 529 g/mol. The Hall–Kier alpha value is -4.64. The molecule has 2 N–H and O–H groups in total. The molecule has 0 fully saturated rings. The van der Waals surface area contributed by atoms with E-state index in [1.807, 2.05) is 49.3 Å². The number of nitrogens with zero attached hydrogens (tertiary/aromatic N) is 5. The normalized spacial score (nSPS) is 11.9. The number of aromatic nitrogens is 6. The molecule has 0 radical (unpaired) electrons. The van der Waals surface area contributed by atoms with Gasteiger partial charge in [-0.25, -0.2) is 17.8 Å². The summed E-state index contributed by atoms with van der Waals surface area (Å²) in [5.74, 6) is -0.486. The van der Waals surface area contributed by atoms with Gasteiger partial charge in [-0.2, -0.15) is 5.10 Å². The Labute approximate surface area is 230 Å². The standard InChI is InChI=1S/C29H26FN7O2S/c1-37(2)21-11-19(13-31-14-21)24-4-5-25-28(34-24)29(36-35-25)26-12-22-23(15-32-16-27(22)33-26)18-8-17(9-20(30)10-18)6-7-40(3,38)39/h4-5,8-16,33H,6-7H2,1-3H3,(H,35,36). The zero-order valence-electron chi connectivity index (χ0n) is 22.1. The molecule has 202 valence electrons. The van der Waals surface area contributed by atoms with Gasteiger partial charge >= 0.3 is 0 Å². The Bertz CT molecular complexity index is 2000. The van der Waals surface area contributed by atoms with Crippen LogP contribution in [0, 0.1) is 5.82 Å². The second kappa shape index (κ2) is 9.83. The van der Waals surface area contributed by atoms with E-state index in [9.17, 15) is 12.8 Å². The number of sulfone groups is 1. The highest BCUT2D eigenvalue weighted by molar-refractivity contribution is 7.90. The smallest absolute Gasteiger partial charge is 0.147 e. The van der Waals surface area contributed by atoms with Gasteiger partial charge in [-0.05, 0) is 53.9 Å². The lowest BCUT2D eigenvalue weighted by Gasteiger charge is -2.12. The van der Waals surface area contributed by atoms with Crippen LogP contribution in [0.3, 0.4) is 0 Å². The first-order chi connectivity index (χ1) is 19.1. The fraction of sp³-hybridized carbons (Fsp3) is 0.172. The van der Waals surface area contributed by atoms with Gasteiger partial charge in [0.1, 0.15) is 26.9 Å². The number of halogens is 1. The molecule has 11 heteroatoms. The van der Waals surface area contributed by atoms with Crippen LogP contribution < -0.4 is 4.90 Å². The van der Waals surface area contributed by atoms with E-state index in [4.69, 9.17) is 4.98 Å². The quantitative estimate of drug-likeness (QED) is 0.284. The molecule has 0 spiro atoms. The first kappa shape index (κ1) is 25.6. The van der Waals surface area contributed by atoms with E-state index in [1.54, 1.807) is 24.8 Å². The zero-order valence-corrected chi connectivity index (χ0v) is 22.9. The third-order valence-electron chi connectivity index (χ3n) is 6.77. The molecule has 0 saturated heterocycles. The van der Waals surface area contributed by atoms with E-state index < -0.39 is 15.7 Å². The fourth-order valence-corrected chi connectivity index (χ4v) is 5.33. The van der Waals surface area contributed by atoms with Crippen molar-refractivity contribution in [2.24, 2.45) is 0 Å². The maximum absolute atomic E-state index is 14.6. The van der Waals surface area contributed by atoms with E-state index in [0.29, 0.717) is 22.3 Å². The highest BCUT2D eigenvalue weighted by Gasteiger charge is 2.17. The number of benzene rings is 1. The van der Waals surface area contributed by atoms with Gasteiger partial charge in [0.25, 0.3) is 0 Å². The molecule has 6 aromatic rings. The highest BCUT2D eigenvalue weighted by atomic mass is 32.2. The van der Waals surface area contributed by atoms with Crippen LogP contribution in [-0.2, 0) is 16.3 Å². The van der Waals surface area contributed by atoms with Gasteiger partial charge in [0.15, 0.2) is 0 Å². The minimum Gasteiger partial charge on any atom is -0.376 e. The Morgan fingerprint density at radius 1 is 0.925 bits per heavy atom. The van der Waals surface area contributed by atoms with Crippen molar-refractivity contribution in [3.05, 3.63) is 78.6 Å². The number of fused-ring (bicyclic) bond motifs is 2. The fourth-order valence-electron chi connectivity index (χ4n) is 4.72. The summed E-state index contributed by atoms with van der Waals surface area (Å²) in [6.07, 6.45) is 8.37. The Morgan fingerprint density at radius 3 is 2.55 bits per heavy atom. The van der Waals surface area contributed by atoms with Crippen LogP contribution in [-0.4, -0.2) is 64.7 Å². The lowest BCUT2D eigenvalue weighted by molar-refractivity contribution is 0.600. The van der Waals surface area contributed by atoms with Crippen LogP contribution in [0.4, 0.5) is 10.1 Å². The van der Waals surface area contributed by atoms with Gasteiger partial charge in [0, 0.05) is 49.3 Å². The molecule has 0 bridgehead atoms. The molecule has 0 aliphatic carbocycles. The van der Waals surface area contributed by atoms with Crippen LogP contribution in [0.1, 0.15) is 5.56 Å². The molecule has 5 heterocycles. The van der Waals surface area contributed by atoms with Crippen LogP contribution >= 0.6 is 0 Å². The average molecular weight is 556 g/mol. The first-order valence-corrected chi connectivity index (χ1v) is 14.6. The molecule has 5 aromatic heterocycles. The molecule has 0 unspecified atom stereocenters. The predicted octanol–water partition coefficient (Wildman–Crippen LogP) is 5.02. The van der Waals surface area contributed by atoms with Crippen molar-refractivity contribution in [2.75, 3.05) is 31.0 Å². The molecule has 40 heavy (non-hydrogen) atoms. The number of nitrogens with one attached hydrogen (secondary N) is 2. The molecule has 6 rings (SSSR count). The third-order valence-corrected chi connectivity index (χ3v) is 7.72. The summed E-state index contributed by atoms with van der Waals surface area (Å²) in [6, 6.07) is 12.5. The van der Waals surface area contributed by atoms with E-state index in [2.05, 4.69) is 25.1 Å². The summed E-state index contributed by atoms with van der Waals surface area (Å²) in [5, 5.41) is 8.43. The minimum atomic E-state index is -3.18. The number of aryl methyl sites for hydroxylation is 1. The number of rotatable bonds is 7. The van der Waals surface area contributed by atoms with Crippen molar-refractivity contribution < 1.29 is 12.8 Å². The minimum absolute atomic E-state index is 0.0522. The van der Waals surface area contributed by atoms with Crippen molar-refractivity contribution >= 4 is 37.5 Å². The lowest BCUT2D eigenvalue weighted by atomic mass is 10.0. The molecule has 0 atom stereocenters. The van der Waals surface area contributed by atoms with E-state index in [0.717, 1.165) is 44.6 Å². The summed E-state index contributed by atoms with van der Waals surface area (Å²) >= 11 is 0. The van der Waals surface area contributed by atoms with Crippen LogP contribution in [0.2, 0.25) is 0 Å². The monoisotopic (exact) mass is 555 g/mol. The van der Waals surface area contributed by atoms with Gasteiger partial charge < -0.3 is 9.88 Å². The Morgan fingerprint density at radius 2 is 1.75 bits per heavy atom. The molecule has 0 saturated carbocycles. The summed E-state index contributed by atoms with van der Waals surface area (Å²) in [6.45, 7) is 0. The maximum Gasteiger partial charge on any atom is 0.147 e. The largest absolute Gasteiger partial charge is 0.376 e. The third kappa shape index (κ3) is 5.03. The second-order valence-corrected chi connectivity index (χ2v) is 12.3. The molecule has 0 aliphatic rings. The molecular formula is C29H26FN7O2S. The van der Waals surface area contributed by atoms with E-state index in [-0.39, 0.29) is 12.2 Å². The SMILES string of the molecule is CN(C)c1cncc(-c2ccc3[nH]nc(-c4cc5c(-c6cc(F)cc(CCS(C)(=O)=O)c6)cncc5[nH]4)c3n2)c1. The predicted molar refractivity (Wildman–Crippen MR) is 155 cm³/mol. The summed E-state index contributed by atoms with van der Waals surface area (Å²) in [5.41, 5.74) is 8.19. The Kier molecular flexibility index (Phi) is 6.30. The van der Waals surface area contributed by atoms with E-state index >= 15 is 0 Å². The van der Waals surface area contributed by atoms with Crippen LogP contribution in [0.25, 0.3) is 55.7 Å². The number of hydrogen-bond donors (Lipinski definition) is 2. The molecule has 9 nitrogen and oxygen atoms in total. The van der Waals surface area contributed by atoms with Crippen molar-refractivity contribution in [3.8, 4) is 33.8 Å². The number of anilines is 1. The van der Waals surface area contributed by atoms with Crippen molar-refractivity contribution in [3.63, 3.8) is 0 Å². The number of aromatic amines is 2. The zero-order chi connectivity index (χ0) is 28.0. The van der Waals surface area contributed by atoms with Crippen molar-refractivity contribution in [1.29, 1.82) is 0 Å². The van der Waals surface area contributed by atoms with Gasteiger partial charge in [-0.3, -0.25) is 15.1 Å². The maximum atomic E-state index is 14.6. The first-order valence-electron chi connectivity index (χ1n) is 12.6. The van der Waals surface area contributed by atoms with Crippen molar-refractivity contribution in [2.45, 2.75) is 6.42 Å². The summed E-state index contributed by atoms with van der Waals surface area (Å²) < 4.78 is 37.9.